The molecule has 3 nitrogen and oxygen atoms in total. The molecule has 2 N–H and O–H groups in total. The van der Waals surface area contributed by atoms with E-state index in [-0.39, 0.29) is 12.3 Å². The maximum Gasteiger partial charge on any atom is 0.197 e. The normalized spacial score (nSPS) is 15.0. The molecule has 1 heterocycles. The third-order valence-electron chi connectivity index (χ3n) is 2.15. The lowest BCUT2D eigenvalue weighted by molar-refractivity contribution is 0.291. The number of rotatable bonds is 1. The lowest BCUT2D eigenvalue weighted by atomic mass is 10.2. The predicted molar refractivity (Wildman–Crippen MR) is 49.9 cm³/mol. The van der Waals surface area contributed by atoms with Gasteiger partial charge in [0.1, 0.15) is 0 Å². The standard InChI is InChI=1S/C10H12FNO2/c11-9-7(6-12)2-3-8-10(9)14-5-1-4-13-8/h2-3H,1,4-6,12H2. The minimum Gasteiger partial charge on any atom is -0.489 e. The van der Waals surface area contributed by atoms with Crippen LogP contribution in [-0.4, -0.2) is 13.2 Å². The molecule has 1 aliphatic rings. The van der Waals surface area contributed by atoms with Crippen LogP contribution in [-0.2, 0) is 6.54 Å². The van der Waals surface area contributed by atoms with Gasteiger partial charge < -0.3 is 15.2 Å². The third kappa shape index (κ3) is 1.53. The van der Waals surface area contributed by atoms with Gasteiger partial charge in [-0.3, -0.25) is 0 Å². The van der Waals surface area contributed by atoms with E-state index in [1.165, 1.54) is 0 Å². The smallest absolute Gasteiger partial charge is 0.197 e. The van der Waals surface area contributed by atoms with Crippen molar-refractivity contribution in [3.05, 3.63) is 23.5 Å². The molecule has 14 heavy (non-hydrogen) atoms. The Balaban J connectivity index is 2.44. The Labute approximate surface area is 81.6 Å². The summed E-state index contributed by atoms with van der Waals surface area (Å²) in [6, 6.07) is 3.33. The van der Waals surface area contributed by atoms with E-state index in [0.29, 0.717) is 24.5 Å². The molecule has 0 radical (unpaired) electrons. The van der Waals surface area contributed by atoms with Crippen molar-refractivity contribution in [3.8, 4) is 11.5 Å². The molecular formula is C10H12FNO2. The maximum absolute atomic E-state index is 13.7. The first-order valence-electron chi connectivity index (χ1n) is 4.60. The lowest BCUT2D eigenvalue weighted by Gasteiger charge is -2.10. The van der Waals surface area contributed by atoms with Crippen molar-refractivity contribution in [1.82, 2.24) is 0 Å². The summed E-state index contributed by atoms with van der Waals surface area (Å²) >= 11 is 0. The van der Waals surface area contributed by atoms with E-state index in [1.54, 1.807) is 12.1 Å². The van der Waals surface area contributed by atoms with Crippen molar-refractivity contribution in [2.24, 2.45) is 5.73 Å². The van der Waals surface area contributed by atoms with Gasteiger partial charge in [0.2, 0.25) is 0 Å². The van der Waals surface area contributed by atoms with Crippen LogP contribution in [0.3, 0.4) is 0 Å². The second kappa shape index (κ2) is 3.84. The summed E-state index contributed by atoms with van der Waals surface area (Å²) in [6.45, 7) is 1.22. The number of hydrogen-bond acceptors (Lipinski definition) is 3. The molecular weight excluding hydrogens is 185 g/mol. The first-order valence-corrected chi connectivity index (χ1v) is 4.60. The van der Waals surface area contributed by atoms with Crippen molar-refractivity contribution in [1.29, 1.82) is 0 Å². The van der Waals surface area contributed by atoms with E-state index in [2.05, 4.69) is 0 Å². The van der Waals surface area contributed by atoms with Crippen LogP contribution >= 0.6 is 0 Å². The molecule has 0 saturated heterocycles. The zero-order valence-electron chi connectivity index (χ0n) is 7.75. The van der Waals surface area contributed by atoms with E-state index in [1.807, 2.05) is 0 Å². The number of hydrogen-bond donors (Lipinski definition) is 1. The highest BCUT2D eigenvalue weighted by Gasteiger charge is 2.17. The van der Waals surface area contributed by atoms with Crippen LogP contribution in [0.15, 0.2) is 12.1 Å². The highest BCUT2D eigenvalue weighted by atomic mass is 19.1. The van der Waals surface area contributed by atoms with Crippen LogP contribution in [0.25, 0.3) is 0 Å². The van der Waals surface area contributed by atoms with Gasteiger partial charge in [0.05, 0.1) is 13.2 Å². The van der Waals surface area contributed by atoms with Crippen molar-refractivity contribution in [2.75, 3.05) is 13.2 Å². The number of benzene rings is 1. The van der Waals surface area contributed by atoms with Crippen molar-refractivity contribution in [3.63, 3.8) is 0 Å². The Kier molecular flexibility index (Phi) is 2.54. The van der Waals surface area contributed by atoms with E-state index < -0.39 is 5.82 Å². The molecule has 2 rings (SSSR count). The van der Waals surface area contributed by atoms with Gasteiger partial charge in [-0.2, -0.15) is 0 Å². The van der Waals surface area contributed by atoms with Gasteiger partial charge >= 0.3 is 0 Å². The zero-order valence-corrected chi connectivity index (χ0v) is 7.75. The molecule has 0 atom stereocenters. The minimum atomic E-state index is -0.396. The quantitative estimate of drug-likeness (QED) is 0.741. The number of fused-ring (bicyclic) bond motifs is 1. The second-order valence-electron chi connectivity index (χ2n) is 3.12. The Bertz CT molecular complexity index is 341. The number of nitrogens with two attached hydrogens (primary N) is 1. The Morgan fingerprint density at radius 1 is 1.29 bits per heavy atom. The molecule has 0 spiro atoms. The van der Waals surface area contributed by atoms with Crippen LogP contribution < -0.4 is 15.2 Å². The van der Waals surface area contributed by atoms with Crippen LogP contribution in [0.4, 0.5) is 4.39 Å². The summed E-state index contributed by atoms with van der Waals surface area (Å²) < 4.78 is 24.2. The third-order valence-corrected chi connectivity index (χ3v) is 2.15. The van der Waals surface area contributed by atoms with E-state index >= 15 is 0 Å². The molecule has 0 amide bonds. The Hall–Kier alpha value is -1.29. The zero-order chi connectivity index (χ0) is 9.97. The van der Waals surface area contributed by atoms with E-state index in [9.17, 15) is 4.39 Å². The Morgan fingerprint density at radius 2 is 2.07 bits per heavy atom. The number of halogens is 1. The molecule has 1 aromatic carbocycles. The second-order valence-corrected chi connectivity index (χ2v) is 3.12. The molecule has 76 valence electrons. The molecule has 0 fully saturated rings. The monoisotopic (exact) mass is 197 g/mol. The van der Waals surface area contributed by atoms with Gasteiger partial charge in [-0.25, -0.2) is 4.39 Å². The molecule has 0 unspecified atom stereocenters. The summed E-state index contributed by atoms with van der Waals surface area (Å²) in [7, 11) is 0. The topological polar surface area (TPSA) is 44.5 Å². The van der Waals surface area contributed by atoms with Gasteiger partial charge in [-0.15, -0.1) is 0 Å². The van der Waals surface area contributed by atoms with Crippen LogP contribution in [0.1, 0.15) is 12.0 Å². The van der Waals surface area contributed by atoms with Gasteiger partial charge in [-0.1, -0.05) is 6.07 Å². The van der Waals surface area contributed by atoms with Crippen LogP contribution in [0, 0.1) is 5.82 Å². The SMILES string of the molecule is NCc1ccc2c(c1F)OCCCO2. The fourth-order valence-corrected chi connectivity index (χ4v) is 1.40. The van der Waals surface area contributed by atoms with Crippen molar-refractivity contribution in [2.45, 2.75) is 13.0 Å². The predicted octanol–water partition coefficient (Wildman–Crippen LogP) is 1.45. The maximum atomic E-state index is 13.7. The van der Waals surface area contributed by atoms with Crippen molar-refractivity contribution >= 4 is 0 Å². The highest BCUT2D eigenvalue weighted by Crippen LogP contribution is 2.33. The molecule has 1 aliphatic heterocycles. The van der Waals surface area contributed by atoms with Gasteiger partial charge in [0, 0.05) is 18.5 Å². The van der Waals surface area contributed by atoms with Gasteiger partial charge in [0.25, 0.3) is 0 Å². The molecule has 0 aromatic heterocycles. The minimum absolute atomic E-state index is 0.169. The van der Waals surface area contributed by atoms with Gasteiger partial charge in [0.15, 0.2) is 17.3 Å². The molecule has 0 saturated carbocycles. The average molecular weight is 197 g/mol. The summed E-state index contributed by atoms with van der Waals surface area (Å²) in [5, 5.41) is 0. The van der Waals surface area contributed by atoms with Crippen molar-refractivity contribution < 1.29 is 13.9 Å². The summed E-state index contributed by atoms with van der Waals surface area (Å²) in [4.78, 5) is 0. The first kappa shape index (κ1) is 9.27. The molecule has 0 aliphatic carbocycles. The first-order chi connectivity index (χ1) is 6.83. The van der Waals surface area contributed by atoms with Crippen LogP contribution in [0.5, 0.6) is 11.5 Å². The van der Waals surface area contributed by atoms with Crippen LogP contribution in [0.2, 0.25) is 0 Å². The van der Waals surface area contributed by atoms with Gasteiger partial charge in [-0.05, 0) is 6.07 Å². The largest absolute Gasteiger partial charge is 0.489 e. The molecule has 1 aromatic rings. The fraction of sp³-hybridized carbons (Fsp3) is 0.400. The fourth-order valence-electron chi connectivity index (χ4n) is 1.40. The summed E-state index contributed by atoms with van der Waals surface area (Å²) in [6.07, 6.45) is 0.770. The Morgan fingerprint density at radius 3 is 2.86 bits per heavy atom. The molecule has 4 heteroatoms. The van der Waals surface area contributed by atoms with E-state index in [4.69, 9.17) is 15.2 Å². The average Bonchev–Trinajstić information content (AvgIpc) is 2.44. The van der Waals surface area contributed by atoms with E-state index in [0.717, 1.165) is 6.42 Å². The lowest BCUT2D eigenvalue weighted by Crippen LogP contribution is -2.03. The molecule has 0 bridgehead atoms. The highest BCUT2D eigenvalue weighted by molar-refractivity contribution is 5.44. The number of ether oxygens (including phenoxy) is 2. The summed E-state index contributed by atoms with van der Waals surface area (Å²) in [5.74, 6) is 0.273. The summed E-state index contributed by atoms with van der Waals surface area (Å²) in [5.41, 5.74) is 5.84.